The van der Waals surface area contributed by atoms with Crippen LogP contribution in [-0.2, 0) is 19.4 Å². The van der Waals surface area contributed by atoms with Crippen molar-refractivity contribution >= 4 is 11.8 Å². The molecule has 0 spiro atoms. The van der Waals surface area contributed by atoms with Gasteiger partial charge in [-0.25, -0.2) is 9.78 Å². The van der Waals surface area contributed by atoms with E-state index in [9.17, 15) is 9.90 Å². The van der Waals surface area contributed by atoms with E-state index in [0.29, 0.717) is 12.4 Å². The monoisotopic (exact) mass is 282 g/mol. The number of aromatic nitrogens is 1. The minimum atomic E-state index is -0.926. The average molecular weight is 282 g/mol. The quantitative estimate of drug-likeness (QED) is 0.904. The van der Waals surface area contributed by atoms with Gasteiger partial charge < -0.3 is 10.4 Å². The molecule has 0 bridgehead atoms. The van der Waals surface area contributed by atoms with Gasteiger partial charge in [-0.15, -0.1) is 0 Å². The number of carboxylic acids is 1. The molecule has 0 atom stereocenters. The number of nitrogens with zero attached hydrogens (tertiary/aromatic N) is 1. The van der Waals surface area contributed by atoms with Crippen LogP contribution in [0, 0.1) is 6.92 Å². The van der Waals surface area contributed by atoms with Crippen LogP contribution in [0.15, 0.2) is 30.3 Å². The van der Waals surface area contributed by atoms with Crippen LogP contribution < -0.4 is 5.32 Å². The van der Waals surface area contributed by atoms with E-state index in [0.717, 1.165) is 36.1 Å². The van der Waals surface area contributed by atoms with Crippen LogP contribution >= 0.6 is 0 Å². The number of benzene rings is 1. The molecular formula is C17H18N2O2. The Balaban J connectivity index is 1.88. The molecule has 2 N–H and O–H groups in total. The van der Waals surface area contributed by atoms with Crippen molar-refractivity contribution in [1.29, 1.82) is 0 Å². The molecule has 0 unspecified atom stereocenters. The minimum Gasteiger partial charge on any atom is -0.478 e. The van der Waals surface area contributed by atoms with Gasteiger partial charge in [-0.3, -0.25) is 0 Å². The van der Waals surface area contributed by atoms with Gasteiger partial charge in [-0.2, -0.15) is 0 Å². The molecule has 3 rings (SSSR count). The molecule has 1 heterocycles. The first-order chi connectivity index (χ1) is 10.1. The Kier molecular flexibility index (Phi) is 3.60. The van der Waals surface area contributed by atoms with E-state index in [2.05, 4.69) is 10.3 Å². The summed E-state index contributed by atoms with van der Waals surface area (Å²) in [5, 5.41) is 12.6. The van der Waals surface area contributed by atoms with Crippen molar-refractivity contribution in [1.82, 2.24) is 4.98 Å². The van der Waals surface area contributed by atoms with Crippen LogP contribution in [0.3, 0.4) is 0 Å². The van der Waals surface area contributed by atoms with E-state index in [-0.39, 0.29) is 5.56 Å². The van der Waals surface area contributed by atoms with Gasteiger partial charge in [-0.1, -0.05) is 24.3 Å². The van der Waals surface area contributed by atoms with E-state index in [1.54, 1.807) is 6.07 Å². The van der Waals surface area contributed by atoms with Gasteiger partial charge in [0.05, 0.1) is 0 Å². The zero-order valence-corrected chi connectivity index (χ0v) is 12.0. The average Bonchev–Trinajstić information content (AvgIpc) is 2.92. The first-order valence-electron chi connectivity index (χ1n) is 7.19. The third kappa shape index (κ3) is 2.75. The lowest BCUT2D eigenvalue weighted by atomic mass is 10.1. The maximum Gasteiger partial charge on any atom is 0.339 e. The lowest BCUT2D eigenvalue weighted by molar-refractivity contribution is 0.0697. The topological polar surface area (TPSA) is 62.2 Å². The third-order valence-corrected chi connectivity index (χ3v) is 3.99. The maximum atomic E-state index is 11.4. The number of rotatable bonds is 4. The minimum absolute atomic E-state index is 0.268. The van der Waals surface area contributed by atoms with Gasteiger partial charge in [0.2, 0.25) is 0 Å². The Morgan fingerprint density at radius 3 is 2.90 bits per heavy atom. The van der Waals surface area contributed by atoms with Gasteiger partial charge in [0.25, 0.3) is 0 Å². The fourth-order valence-corrected chi connectivity index (χ4v) is 2.76. The van der Waals surface area contributed by atoms with Gasteiger partial charge in [0.1, 0.15) is 11.4 Å². The summed E-state index contributed by atoms with van der Waals surface area (Å²) in [7, 11) is 0. The summed E-state index contributed by atoms with van der Waals surface area (Å²) in [5.74, 6) is -0.448. The molecule has 1 aromatic heterocycles. The molecule has 4 heteroatoms. The zero-order valence-electron chi connectivity index (χ0n) is 12.0. The van der Waals surface area contributed by atoms with Crippen LogP contribution in [0.25, 0.3) is 0 Å². The summed E-state index contributed by atoms with van der Waals surface area (Å²) in [6.45, 7) is 2.63. The van der Waals surface area contributed by atoms with Crippen LogP contribution in [0.1, 0.15) is 39.2 Å². The number of hydrogen-bond acceptors (Lipinski definition) is 3. The van der Waals surface area contributed by atoms with Gasteiger partial charge in [-0.05, 0) is 48.9 Å². The van der Waals surface area contributed by atoms with Gasteiger partial charge in [0, 0.05) is 12.2 Å². The van der Waals surface area contributed by atoms with E-state index in [4.69, 9.17) is 0 Å². The van der Waals surface area contributed by atoms with Gasteiger partial charge >= 0.3 is 5.97 Å². The lowest BCUT2D eigenvalue weighted by Gasteiger charge is -2.12. The highest BCUT2D eigenvalue weighted by Crippen LogP contribution is 2.25. The molecule has 0 amide bonds. The Labute approximate surface area is 123 Å². The lowest BCUT2D eigenvalue weighted by Crippen LogP contribution is -2.11. The Morgan fingerprint density at radius 2 is 2.14 bits per heavy atom. The molecule has 1 aliphatic carbocycles. The molecule has 108 valence electrons. The molecule has 1 aromatic carbocycles. The number of anilines is 1. The normalized spacial score (nSPS) is 13.0. The molecule has 2 aromatic rings. The number of carbonyl (C=O) groups is 1. The summed E-state index contributed by atoms with van der Waals surface area (Å²) in [6, 6.07) is 9.84. The van der Waals surface area contributed by atoms with E-state index >= 15 is 0 Å². The molecule has 0 saturated carbocycles. The standard InChI is InChI=1S/C17H18N2O2/c1-11-5-2-3-6-13(11)10-18-16-14(17(20)21)9-12-7-4-8-15(12)19-16/h2-3,5-6,9H,4,7-8,10H2,1H3,(H,18,19)(H,20,21). The fourth-order valence-electron chi connectivity index (χ4n) is 2.76. The van der Waals surface area contributed by atoms with Crippen molar-refractivity contribution < 1.29 is 9.90 Å². The number of pyridine rings is 1. The predicted molar refractivity (Wildman–Crippen MR) is 81.7 cm³/mol. The number of nitrogens with one attached hydrogen (secondary N) is 1. The SMILES string of the molecule is Cc1ccccc1CNc1nc2c(cc1C(=O)O)CCC2. The molecular weight excluding hydrogens is 264 g/mol. The van der Waals surface area contributed by atoms with Gasteiger partial charge in [0.15, 0.2) is 0 Å². The Bertz CT molecular complexity index is 695. The highest BCUT2D eigenvalue weighted by atomic mass is 16.4. The van der Waals surface area contributed by atoms with Crippen molar-refractivity contribution in [2.24, 2.45) is 0 Å². The highest BCUT2D eigenvalue weighted by molar-refractivity contribution is 5.93. The van der Waals surface area contributed by atoms with Crippen LogP contribution in [0.5, 0.6) is 0 Å². The summed E-state index contributed by atoms with van der Waals surface area (Å²) >= 11 is 0. The first kappa shape index (κ1) is 13.6. The van der Waals surface area contributed by atoms with Crippen molar-refractivity contribution in [2.75, 3.05) is 5.32 Å². The van der Waals surface area contributed by atoms with E-state index in [1.165, 1.54) is 5.56 Å². The van der Waals surface area contributed by atoms with Crippen LogP contribution in [-0.4, -0.2) is 16.1 Å². The number of fused-ring (bicyclic) bond motifs is 1. The second kappa shape index (κ2) is 5.56. The van der Waals surface area contributed by atoms with Crippen molar-refractivity contribution in [3.63, 3.8) is 0 Å². The summed E-state index contributed by atoms with van der Waals surface area (Å²) in [5.41, 5.74) is 4.71. The maximum absolute atomic E-state index is 11.4. The second-order valence-electron chi connectivity index (χ2n) is 5.43. The Morgan fingerprint density at radius 1 is 1.33 bits per heavy atom. The summed E-state index contributed by atoms with van der Waals surface area (Å²) < 4.78 is 0. The largest absolute Gasteiger partial charge is 0.478 e. The number of aryl methyl sites for hydroxylation is 3. The highest BCUT2D eigenvalue weighted by Gasteiger charge is 2.19. The van der Waals surface area contributed by atoms with Crippen LogP contribution in [0.4, 0.5) is 5.82 Å². The molecule has 0 saturated heterocycles. The van der Waals surface area contributed by atoms with Crippen molar-refractivity contribution in [3.8, 4) is 0 Å². The van der Waals surface area contributed by atoms with Crippen LogP contribution in [0.2, 0.25) is 0 Å². The van der Waals surface area contributed by atoms with Crippen molar-refractivity contribution in [3.05, 3.63) is 58.3 Å². The smallest absolute Gasteiger partial charge is 0.339 e. The molecule has 0 aliphatic heterocycles. The van der Waals surface area contributed by atoms with E-state index in [1.807, 2.05) is 31.2 Å². The van der Waals surface area contributed by atoms with Crippen molar-refractivity contribution in [2.45, 2.75) is 32.7 Å². The Hall–Kier alpha value is -2.36. The third-order valence-electron chi connectivity index (χ3n) is 3.99. The predicted octanol–water partition coefficient (Wildman–Crippen LogP) is 3.19. The number of hydrogen-bond donors (Lipinski definition) is 2. The second-order valence-corrected chi connectivity index (χ2v) is 5.43. The molecule has 4 nitrogen and oxygen atoms in total. The first-order valence-corrected chi connectivity index (χ1v) is 7.19. The molecule has 0 fully saturated rings. The number of carboxylic acid groups (broad SMARTS) is 1. The number of aromatic carboxylic acids is 1. The summed E-state index contributed by atoms with van der Waals surface area (Å²) in [4.78, 5) is 15.9. The fraction of sp³-hybridized carbons (Fsp3) is 0.294. The molecule has 1 aliphatic rings. The van der Waals surface area contributed by atoms with E-state index < -0.39 is 5.97 Å². The summed E-state index contributed by atoms with van der Waals surface area (Å²) in [6.07, 6.45) is 2.93. The molecule has 21 heavy (non-hydrogen) atoms. The zero-order chi connectivity index (χ0) is 14.8. The molecule has 0 radical (unpaired) electrons.